The maximum absolute atomic E-state index is 5.56. The van der Waals surface area contributed by atoms with Gasteiger partial charge in [-0.25, -0.2) is 0 Å². The average molecular weight is 171 g/mol. The van der Waals surface area contributed by atoms with Crippen LogP contribution in [0, 0.1) is 11.3 Å². The second-order valence-electron chi connectivity index (χ2n) is 4.08. The highest BCUT2D eigenvalue weighted by molar-refractivity contribution is 4.89. The van der Waals surface area contributed by atoms with Crippen molar-refractivity contribution in [2.24, 2.45) is 17.1 Å². The summed E-state index contributed by atoms with van der Waals surface area (Å²) in [6.07, 6.45) is 3.70. The fourth-order valence-electron chi connectivity index (χ4n) is 2.09. The van der Waals surface area contributed by atoms with Crippen LogP contribution in [-0.2, 0) is 4.74 Å². The lowest BCUT2D eigenvalue weighted by atomic mass is 9.70. The molecule has 1 aliphatic rings. The second kappa shape index (κ2) is 4.24. The molecule has 1 fully saturated rings. The molecule has 0 aromatic rings. The van der Waals surface area contributed by atoms with Gasteiger partial charge >= 0.3 is 0 Å². The molecule has 2 nitrogen and oxygen atoms in total. The van der Waals surface area contributed by atoms with E-state index in [1.165, 1.54) is 12.8 Å². The number of ether oxygens (including phenoxy) is 1. The largest absolute Gasteiger partial charge is 0.380 e. The van der Waals surface area contributed by atoms with Crippen LogP contribution in [0.3, 0.4) is 0 Å². The Morgan fingerprint density at radius 2 is 2.17 bits per heavy atom. The van der Waals surface area contributed by atoms with Gasteiger partial charge in [-0.05, 0) is 25.3 Å². The number of hydrogen-bond acceptors (Lipinski definition) is 2. The molecular weight excluding hydrogens is 150 g/mol. The highest BCUT2D eigenvalue weighted by atomic mass is 16.5. The Balaban J connectivity index is 2.41. The quantitative estimate of drug-likeness (QED) is 0.684. The van der Waals surface area contributed by atoms with Crippen molar-refractivity contribution in [3.05, 3.63) is 0 Å². The predicted octanol–water partition coefficient (Wildman–Crippen LogP) is 1.79. The molecule has 1 heterocycles. The normalized spacial score (nSPS) is 23.2. The predicted molar refractivity (Wildman–Crippen MR) is 51.0 cm³/mol. The van der Waals surface area contributed by atoms with Gasteiger partial charge in [0.15, 0.2) is 0 Å². The molecule has 0 aromatic carbocycles. The van der Waals surface area contributed by atoms with Crippen molar-refractivity contribution < 1.29 is 4.74 Å². The van der Waals surface area contributed by atoms with Gasteiger partial charge in [0.1, 0.15) is 0 Å². The van der Waals surface area contributed by atoms with Crippen LogP contribution in [-0.4, -0.2) is 19.8 Å². The van der Waals surface area contributed by atoms with Crippen LogP contribution < -0.4 is 5.73 Å². The van der Waals surface area contributed by atoms with E-state index in [0.29, 0.717) is 5.41 Å². The standard InChI is InChI=1S/C10H21NO/c1-3-5-10(7-12-8-10)9(2)4-6-11/h9H,3-8,11H2,1-2H3. The monoisotopic (exact) mass is 171 g/mol. The molecule has 0 spiro atoms. The summed E-state index contributed by atoms with van der Waals surface area (Å²) in [4.78, 5) is 0. The van der Waals surface area contributed by atoms with Crippen molar-refractivity contribution in [2.75, 3.05) is 19.8 Å². The van der Waals surface area contributed by atoms with Crippen molar-refractivity contribution in [3.8, 4) is 0 Å². The summed E-state index contributed by atoms with van der Waals surface area (Å²) in [6.45, 7) is 7.29. The molecular formula is C10H21NO. The Hall–Kier alpha value is -0.0800. The molecule has 0 aromatic heterocycles. The van der Waals surface area contributed by atoms with E-state index in [-0.39, 0.29) is 0 Å². The molecule has 0 radical (unpaired) electrons. The van der Waals surface area contributed by atoms with Gasteiger partial charge in [-0.2, -0.15) is 0 Å². The van der Waals surface area contributed by atoms with E-state index in [1.807, 2.05) is 0 Å². The van der Waals surface area contributed by atoms with Gasteiger partial charge in [0.05, 0.1) is 13.2 Å². The van der Waals surface area contributed by atoms with E-state index in [0.717, 1.165) is 32.1 Å². The highest BCUT2D eigenvalue weighted by Crippen LogP contribution is 2.41. The van der Waals surface area contributed by atoms with E-state index in [1.54, 1.807) is 0 Å². The fourth-order valence-corrected chi connectivity index (χ4v) is 2.09. The third-order valence-corrected chi connectivity index (χ3v) is 3.17. The third-order valence-electron chi connectivity index (χ3n) is 3.17. The molecule has 2 N–H and O–H groups in total. The molecule has 2 heteroatoms. The summed E-state index contributed by atoms with van der Waals surface area (Å²) in [5, 5.41) is 0. The minimum Gasteiger partial charge on any atom is -0.380 e. The lowest BCUT2D eigenvalue weighted by Gasteiger charge is -2.46. The molecule has 1 unspecified atom stereocenters. The van der Waals surface area contributed by atoms with Gasteiger partial charge < -0.3 is 10.5 Å². The molecule has 1 rings (SSSR count). The van der Waals surface area contributed by atoms with Crippen molar-refractivity contribution in [1.29, 1.82) is 0 Å². The number of rotatable bonds is 5. The minimum absolute atomic E-state index is 0.480. The molecule has 72 valence electrons. The maximum atomic E-state index is 5.56. The first kappa shape index (κ1) is 10.0. The zero-order chi connectivity index (χ0) is 9.03. The summed E-state index contributed by atoms with van der Waals surface area (Å²) in [5.41, 5.74) is 6.04. The highest BCUT2D eigenvalue weighted by Gasteiger charge is 2.41. The van der Waals surface area contributed by atoms with Gasteiger partial charge in [0.25, 0.3) is 0 Å². The van der Waals surface area contributed by atoms with Crippen LogP contribution >= 0.6 is 0 Å². The first-order valence-electron chi connectivity index (χ1n) is 5.03. The Bertz CT molecular complexity index is 132. The molecule has 1 saturated heterocycles. The summed E-state index contributed by atoms with van der Waals surface area (Å²) in [5.74, 6) is 0.733. The minimum atomic E-state index is 0.480. The second-order valence-corrected chi connectivity index (χ2v) is 4.08. The molecule has 1 aliphatic heterocycles. The Morgan fingerprint density at radius 3 is 2.50 bits per heavy atom. The van der Waals surface area contributed by atoms with Crippen LogP contribution in [0.4, 0.5) is 0 Å². The van der Waals surface area contributed by atoms with Gasteiger partial charge in [-0.3, -0.25) is 0 Å². The summed E-state index contributed by atoms with van der Waals surface area (Å²) in [6, 6.07) is 0. The van der Waals surface area contributed by atoms with Gasteiger partial charge in [-0.15, -0.1) is 0 Å². The molecule has 0 aliphatic carbocycles. The average Bonchev–Trinajstić information content (AvgIpc) is 1.97. The van der Waals surface area contributed by atoms with Crippen LogP contribution in [0.25, 0.3) is 0 Å². The number of nitrogens with two attached hydrogens (primary N) is 1. The molecule has 0 amide bonds. The lowest BCUT2D eigenvalue weighted by Crippen LogP contribution is -2.47. The summed E-state index contributed by atoms with van der Waals surface area (Å²) < 4.78 is 5.32. The van der Waals surface area contributed by atoms with Gasteiger partial charge in [0, 0.05) is 5.41 Å². The lowest BCUT2D eigenvalue weighted by molar-refractivity contribution is -0.148. The Labute approximate surface area is 75.5 Å². The molecule has 0 bridgehead atoms. The van der Waals surface area contributed by atoms with Crippen molar-refractivity contribution in [2.45, 2.75) is 33.1 Å². The molecule has 12 heavy (non-hydrogen) atoms. The third kappa shape index (κ3) is 1.80. The van der Waals surface area contributed by atoms with Crippen molar-refractivity contribution in [3.63, 3.8) is 0 Å². The van der Waals surface area contributed by atoms with E-state index in [9.17, 15) is 0 Å². The zero-order valence-electron chi connectivity index (χ0n) is 8.31. The molecule has 0 saturated carbocycles. The fraction of sp³-hybridized carbons (Fsp3) is 1.00. The summed E-state index contributed by atoms with van der Waals surface area (Å²) >= 11 is 0. The molecule has 1 atom stereocenters. The topological polar surface area (TPSA) is 35.2 Å². The van der Waals surface area contributed by atoms with Crippen LogP contribution in [0.5, 0.6) is 0 Å². The van der Waals surface area contributed by atoms with Crippen molar-refractivity contribution in [1.82, 2.24) is 0 Å². The maximum Gasteiger partial charge on any atom is 0.0547 e. The van der Waals surface area contributed by atoms with E-state index in [4.69, 9.17) is 10.5 Å². The Morgan fingerprint density at radius 1 is 1.50 bits per heavy atom. The smallest absolute Gasteiger partial charge is 0.0547 e. The van der Waals surface area contributed by atoms with Crippen LogP contribution in [0.1, 0.15) is 33.1 Å². The first-order valence-corrected chi connectivity index (χ1v) is 5.03. The Kier molecular flexibility index (Phi) is 3.53. The van der Waals surface area contributed by atoms with E-state index >= 15 is 0 Å². The first-order chi connectivity index (χ1) is 5.75. The van der Waals surface area contributed by atoms with Crippen LogP contribution in [0.15, 0.2) is 0 Å². The van der Waals surface area contributed by atoms with Gasteiger partial charge in [0.2, 0.25) is 0 Å². The van der Waals surface area contributed by atoms with Crippen LogP contribution in [0.2, 0.25) is 0 Å². The van der Waals surface area contributed by atoms with Gasteiger partial charge in [-0.1, -0.05) is 20.3 Å². The van der Waals surface area contributed by atoms with E-state index < -0.39 is 0 Å². The van der Waals surface area contributed by atoms with E-state index in [2.05, 4.69) is 13.8 Å². The van der Waals surface area contributed by atoms with Crippen molar-refractivity contribution >= 4 is 0 Å². The SMILES string of the molecule is CCCC1(C(C)CCN)COC1. The zero-order valence-corrected chi connectivity index (χ0v) is 8.31. The summed E-state index contributed by atoms with van der Waals surface area (Å²) in [7, 11) is 0. The number of hydrogen-bond donors (Lipinski definition) is 1.